The molecule has 84 valence electrons. The van der Waals surface area contributed by atoms with E-state index in [-0.39, 0.29) is 6.10 Å². The second kappa shape index (κ2) is 6.62. The third kappa shape index (κ3) is 4.98. The Morgan fingerprint density at radius 3 is 2.47 bits per heavy atom. The van der Waals surface area contributed by atoms with E-state index in [0.29, 0.717) is 5.92 Å². The fourth-order valence-corrected chi connectivity index (χ4v) is 1.73. The SMILES string of the molecule is CCC(C)CC(O)CCc1ccccc1. The van der Waals surface area contributed by atoms with Gasteiger partial charge in [-0.05, 0) is 30.7 Å². The van der Waals surface area contributed by atoms with E-state index < -0.39 is 0 Å². The smallest absolute Gasteiger partial charge is 0.0546 e. The molecule has 1 nitrogen and oxygen atoms in total. The molecule has 1 aromatic carbocycles. The first-order chi connectivity index (χ1) is 7.22. The molecule has 2 unspecified atom stereocenters. The summed E-state index contributed by atoms with van der Waals surface area (Å²) in [5.74, 6) is 0.635. The molecule has 0 aliphatic rings. The third-order valence-electron chi connectivity index (χ3n) is 2.98. The van der Waals surface area contributed by atoms with E-state index in [4.69, 9.17) is 0 Å². The number of aryl methyl sites for hydroxylation is 1. The van der Waals surface area contributed by atoms with Crippen molar-refractivity contribution in [3.8, 4) is 0 Å². The molecule has 0 aromatic heterocycles. The molecule has 0 fully saturated rings. The molecule has 1 heteroatoms. The van der Waals surface area contributed by atoms with Crippen LogP contribution in [0.2, 0.25) is 0 Å². The van der Waals surface area contributed by atoms with E-state index in [2.05, 4.69) is 38.1 Å². The number of hydrogen-bond acceptors (Lipinski definition) is 1. The Morgan fingerprint density at radius 1 is 1.20 bits per heavy atom. The molecule has 0 aliphatic heterocycles. The summed E-state index contributed by atoms with van der Waals surface area (Å²) in [6.07, 6.45) is 3.82. The zero-order valence-corrected chi connectivity index (χ0v) is 9.82. The predicted octanol–water partition coefficient (Wildman–Crippen LogP) is 3.42. The lowest BCUT2D eigenvalue weighted by Crippen LogP contribution is -2.12. The topological polar surface area (TPSA) is 20.2 Å². The molecule has 0 amide bonds. The van der Waals surface area contributed by atoms with Crippen LogP contribution in [0.4, 0.5) is 0 Å². The van der Waals surface area contributed by atoms with Crippen LogP contribution in [0.25, 0.3) is 0 Å². The maximum absolute atomic E-state index is 9.81. The Labute approximate surface area is 93.1 Å². The van der Waals surface area contributed by atoms with Gasteiger partial charge in [-0.3, -0.25) is 0 Å². The minimum absolute atomic E-state index is 0.139. The van der Waals surface area contributed by atoms with Crippen molar-refractivity contribution in [1.82, 2.24) is 0 Å². The van der Waals surface area contributed by atoms with Crippen LogP contribution in [-0.4, -0.2) is 11.2 Å². The van der Waals surface area contributed by atoms with Gasteiger partial charge in [0.1, 0.15) is 0 Å². The van der Waals surface area contributed by atoms with Crippen LogP contribution in [0.1, 0.15) is 38.7 Å². The van der Waals surface area contributed by atoms with E-state index in [1.54, 1.807) is 0 Å². The zero-order chi connectivity index (χ0) is 11.1. The van der Waals surface area contributed by atoms with Crippen LogP contribution in [-0.2, 0) is 6.42 Å². The summed E-state index contributed by atoms with van der Waals surface area (Å²) >= 11 is 0. The van der Waals surface area contributed by atoms with Crippen molar-refractivity contribution >= 4 is 0 Å². The van der Waals surface area contributed by atoms with Crippen LogP contribution in [0.5, 0.6) is 0 Å². The van der Waals surface area contributed by atoms with Gasteiger partial charge in [-0.25, -0.2) is 0 Å². The highest BCUT2D eigenvalue weighted by Gasteiger charge is 2.08. The van der Waals surface area contributed by atoms with Crippen molar-refractivity contribution in [1.29, 1.82) is 0 Å². The lowest BCUT2D eigenvalue weighted by atomic mass is 9.97. The summed E-state index contributed by atoms with van der Waals surface area (Å²) in [7, 11) is 0. The quantitative estimate of drug-likeness (QED) is 0.756. The molecule has 0 bridgehead atoms. The van der Waals surface area contributed by atoms with Gasteiger partial charge in [0.2, 0.25) is 0 Å². The van der Waals surface area contributed by atoms with Crippen LogP contribution < -0.4 is 0 Å². The summed E-state index contributed by atoms with van der Waals surface area (Å²) in [6.45, 7) is 4.38. The second-order valence-corrected chi connectivity index (χ2v) is 4.43. The zero-order valence-electron chi connectivity index (χ0n) is 9.82. The highest BCUT2D eigenvalue weighted by atomic mass is 16.3. The lowest BCUT2D eigenvalue weighted by Gasteiger charge is -2.14. The van der Waals surface area contributed by atoms with Crippen LogP contribution in [0.15, 0.2) is 30.3 Å². The van der Waals surface area contributed by atoms with Crippen LogP contribution in [0, 0.1) is 5.92 Å². The van der Waals surface area contributed by atoms with Gasteiger partial charge in [0.25, 0.3) is 0 Å². The van der Waals surface area contributed by atoms with Gasteiger partial charge >= 0.3 is 0 Å². The van der Waals surface area contributed by atoms with Crippen molar-refractivity contribution < 1.29 is 5.11 Å². The number of aliphatic hydroxyl groups excluding tert-OH is 1. The van der Waals surface area contributed by atoms with Gasteiger partial charge in [-0.2, -0.15) is 0 Å². The number of hydrogen-bond donors (Lipinski definition) is 1. The minimum atomic E-state index is -0.139. The maximum Gasteiger partial charge on any atom is 0.0546 e. The molecular weight excluding hydrogens is 184 g/mol. The van der Waals surface area contributed by atoms with Crippen molar-refractivity contribution in [2.24, 2.45) is 5.92 Å². The fraction of sp³-hybridized carbons (Fsp3) is 0.571. The molecule has 15 heavy (non-hydrogen) atoms. The largest absolute Gasteiger partial charge is 0.393 e. The van der Waals surface area contributed by atoms with Gasteiger partial charge in [-0.1, -0.05) is 50.6 Å². The summed E-state index contributed by atoms with van der Waals surface area (Å²) < 4.78 is 0. The first kappa shape index (κ1) is 12.3. The van der Waals surface area contributed by atoms with Gasteiger partial charge in [0.15, 0.2) is 0 Å². The third-order valence-corrected chi connectivity index (χ3v) is 2.98. The van der Waals surface area contributed by atoms with Crippen LogP contribution in [0.3, 0.4) is 0 Å². The van der Waals surface area contributed by atoms with Crippen molar-refractivity contribution in [2.75, 3.05) is 0 Å². The molecule has 0 saturated heterocycles. The normalized spacial score (nSPS) is 14.9. The predicted molar refractivity (Wildman–Crippen MR) is 64.8 cm³/mol. The summed E-state index contributed by atoms with van der Waals surface area (Å²) in [4.78, 5) is 0. The Balaban J connectivity index is 2.25. The highest BCUT2D eigenvalue weighted by molar-refractivity contribution is 5.14. The Hall–Kier alpha value is -0.820. The fourth-order valence-electron chi connectivity index (χ4n) is 1.73. The first-order valence-electron chi connectivity index (χ1n) is 5.94. The number of aliphatic hydroxyl groups is 1. The highest BCUT2D eigenvalue weighted by Crippen LogP contribution is 2.14. The molecule has 0 saturated carbocycles. The molecule has 1 rings (SSSR count). The number of benzene rings is 1. The van der Waals surface area contributed by atoms with Crippen molar-refractivity contribution in [3.05, 3.63) is 35.9 Å². The first-order valence-corrected chi connectivity index (χ1v) is 5.94. The average Bonchev–Trinajstić information content (AvgIpc) is 2.27. The maximum atomic E-state index is 9.81. The molecule has 1 N–H and O–H groups in total. The summed E-state index contributed by atoms with van der Waals surface area (Å²) in [6, 6.07) is 10.4. The van der Waals surface area contributed by atoms with Crippen LogP contribution >= 0.6 is 0 Å². The van der Waals surface area contributed by atoms with E-state index in [1.807, 2.05) is 6.07 Å². The van der Waals surface area contributed by atoms with Gasteiger partial charge in [0.05, 0.1) is 6.10 Å². The monoisotopic (exact) mass is 206 g/mol. The molecule has 0 aliphatic carbocycles. The van der Waals surface area contributed by atoms with E-state index in [1.165, 1.54) is 5.56 Å². The Bertz CT molecular complexity index is 255. The standard InChI is InChI=1S/C14H22O/c1-3-12(2)11-14(15)10-9-13-7-5-4-6-8-13/h4-8,12,14-15H,3,9-11H2,1-2H3. The minimum Gasteiger partial charge on any atom is -0.393 e. The molecular formula is C14H22O. The average molecular weight is 206 g/mol. The second-order valence-electron chi connectivity index (χ2n) is 4.43. The van der Waals surface area contributed by atoms with Gasteiger partial charge in [-0.15, -0.1) is 0 Å². The van der Waals surface area contributed by atoms with E-state index >= 15 is 0 Å². The van der Waals surface area contributed by atoms with Gasteiger partial charge < -0.3 is 5.11 Å². The van der Waals surface area contributed by atoms with Crippen molar-refractivity contribution in [3.63, 3.8) is 0 Å². The van der Waals surface area contributed by atoms with Crippen molar-refractivity contribution in [2.45, 2.75) is 45.6 Å². The van der Waals surface area contributed by atoms with E-state index in [0.717, 1.165) is 25.7 Å². The lowest BCUT2D eigenvalue weighted by molar-refractivity contribution is 0.135. The molecule has 2 atom stereocenters. The molecule has 0 heterocycles. The molecule has 0 radical (unpaired) electrons. The Morgan fingerprint density at radius 2 is 1.87 bits per heavy atom. The molecule has 0 spiro atoms. The summed E-state index contributed by atoms with van der Waals surface area (Å²) in [5.41, 5.74) is 1.32. The molecule has 1 aromatic rings. The Kier molecular flexibility index (Phi) is 5.41. The summed E-state index contributed by atoms with van der Waals surface area (Å²) in [5, 5.41) is 9.81. The number of rotatable bonds is 6. The van der Waals surface area contributed by atoms with Gasteiger partial charge in [0, 0.05) is 0 Å². The van der Waals surface area contributed by atoms with E-state index in [9.17, 15) is 5.11 Å².